The molecule has 2 rings (SSSR count). The van der Waals surface area contributed by atoms with Crippen LogP contribution in [0.2, 0.25) is 0 Å². The standard InChI is InChI=1S/C11H16N2O3/c1-11(7-5-3-2-4-6-7)8(14)12-10(16)13-9(11)15/h7H,2-6H2,1H3,(H2,12,13,14,15,16). The molecule has 0 bridgehead atoms. The summed E-state index contributed by atoms with van der Waals surface area (Å²) in [5.74, 6) is -0.851. The number of barbiturate groups is 1. The van der Waals surface area contributed by atoms with Gasteiger partial charge in [0.1, 0.15) is 5.41 Å². The molecule has 0 spiro atoms. The molecule has 0 unspecified atom stereocenters. The smallest absolute Gasteiger partial charge is 0.277 e. The van der Waals surface area contributed by atoms with Gasteiger partial charge in [0.15, 0.2) is 0 Å². The molecule has 1 aliphatic heterocycles. The van der Waals surface area contributed by atoms with Crippen LogP contribution in [0, 0.1) is 11.3 Å². The molecular formula is C11H16N2O3. The highest BCUT2D eigenvalue weighted by Crippen LogP contribution is 2.39. The molecule has 1 aliphatic carbocycles. The van der Waals surface area contributed by atoms with Crippen LogP contribution in [0.1, 0.15) is 39.0 Å². The van der Waals surface area contributed by atoms with Crippen molar-refractivity contribution in [1.82, 2.24) is 10.6 Å². The van der Waals surface area contributed by atoms with E-state index < -0.39 is 23.3 Å². The van der Waals surface area contributed by atoms with E-state index in [1.807, 2.05) is 0 Å². The first-order valence-electron chi connectivity index (χ1n) is 5.72. The van der Waals surface area contributed by atoms with E-state index in [4.69, 9.17) is 0 Å². The van der Waals surface area contributed by atoms with Gasteiger partial charge >= 0.3 is 6.03 Å². The largest absolute Gasteiger partial charge is 0.328 e. The number of imide groups is 2. The zero-order valence-corrected chi connectivity index (χ0v) is 9.34. The highest BCUT2D eigenvalue weighted by molar-refractivity contribution is 6.19. The van der Waals surface area contributed by atoms with Crippen molar-refractivity contribution in [3.63, 3.8) is 0 Å². The van der Waals surface area contributed by atoms with Crippen molar-refractivity contribution >= 4 is 17.8 Å². The summed E-state index contributed by atoms with van der Waals surface area (Å²) in [7, 11) is 0. The van der Waals surface area contributed by atoms with Crippen LogP contribution in [0.25, 0.3) is 0 Å². The third-order valence-corrected chi connectivity index (χ3v) is 3.82. The highest BCUT2D eigenvalue weighted by atomic mass is 16.2. The summed E-state index contributed by atoms with van der Waals surface area (Å²) in [6.07, 6.45) is 5.02. The maximum absolute atomic E-state index is 11.8. The van der Waals surface area contributed by atoms with E-state index in [0.717, 1.165) is 32.1 Å². The van der Waals surface area contributed by atoms with Gasteiger partial charge in [-0.3, -0.25) is 20.2 Å². The maximum atomic E-state index is 11.8. The molecule has 1 saturated heterocycles. The molecule has 0 radical (unpaired) electrons. The zero-order chi connectivity index (χ0) is 11.8. The molecule has 4 amide bonds. The molecule has 5 heteroatoms. The van der Waals surface area contributed by atoms with E-state index in [1.165, 1.54) is 0 Å². The second-order valence-corrected chi connectivity index (χ2v) is 4.77. The van der Waals surface area contributed by atoms with E-state index >= 15 is 0 Å². The van der Waals surface area contributed by atoms with Crippen molar-refractivity contribution in [3.05, 3.63) is 0 Å². The van der Waals surface area contributed by atoms with Crippen LogP contribution in [0.3, 0.4) is 0 Å². The predicted molar refractivity (Wildman–Crippen MR) is 56.4 cm³/mol. The molecular weight excluding hydrogens is 208 g/mol. The number of amides is 4. The minimum absolute atomic E-state index is 0.0503. The molecule has 5 nitrogen and oxygen atoms in total. The molecule has 0 aromatic heterocycles. The second kappa shape index (κ2) is 3.88. The Kier molecular flexibility index (Phi) is 2.69. The summed E-state index contributed by atoms with van der Waals surface area (Å²) in [6, 6.07) is -0.705. The van der Waals surface area contributed by atoms with E-state index in [2.05, 4.69) is 10.6 Å². The number of carbonyl (C=O) groups is 3. The van der Waals surface area contributed by atoms with Gasteiger partial charge in [0.25, 0.3) is 0 Å². The Balaban J connectivity index is 2.23. The molecule has 16 heavy (non-hydrogen) atoms. The molecule has 0 aromatic carbocycles. The number of hydrogen-bond donors (Lipinski definition) is 2. The Hall–Kier alpha value is -1.39. The van der Waals surface area contributed by atoms with Crippen LogP contribution in [-0.2, 0) is 9.59 Å². The van der Waals surface area contributed by atoms with Gasteiger partial charge in [-0.25, -0.2) is 4.79 Å². The van der Waals surface area contributed by atoms with Gasteiger partial charge < -0.3 is 0 Å². The lowest BCUT2D eigenvalue weighted by atomic mass is 9.68. The molecule has 2 fully saturated rings. The molecule has 1 saturated carbocycles. The topological polar surface area (TPSA) is 75.3 Å². The minimum Gasteiger partial charge on any atom is -0.277 e. The SMILES string of the molecule is CC1(C2CCCCC2)C(=O)NC(=O)NC1=O. The molecule has 2 N–H and O–H groups in total. The Morgan fingerprint density at radius 1 is 1.00 bits per heavy atom. The fourth-order valence-electron chi connectivity index (χ4n) is 2.65. The summed E-state index contributed by atoms with van der Waals surface area (Å²) in [4.78, 5) is 34.7. The lowest BCUT2D eigenvalue weighted by Gasteiger charge is -2.39. The van der Waals surface area contributed by atoms with Crippen molar-refractivity contribution in [2.75, 3.05) is 0 Å². The van der Waals surface area contributed by atoms with Gasteiger partial charge in [0, 0.05) is 0 Å². The summed E-state index contributed by atoms with van der Waals surface area (Å²) in [5, 5.41) is 4.38. The molecule has 0 aromatic rings. The fraction of sp³-hybridized carbons (Fsp3) is 0.727. The van der Waals surface area contributed by atoms with Crippen LogP contribution < -0.4 is 10.6 Å². The van der Waals surface area contributed by atoms with Crippen LogP contribution in [-0.4, -0.2) is 17.8 Å². The first-order valence-corrected chi connectivity index (χ1v) is 5.72. The summed E-state index contributed by atoms with van der Waals surface area (Å²) in [6.45, 7) is 1.64. The normalized spacial score (nSPS) is 26.2. The Morgan fingerprint density at radius 3 is 2.00 bits per heavy atom. The highest BCUT2D eigenvalue weighted by Gasteiger charge is 2.51. The lowest BCUT2D eigenvalue weighted by Crippen LogP contribution is -2.63. The summed E-state index contributed by atoms with van der Waals surface area (Å²) >= 11 is 0. The molecule has 2 aliphatic rings. The first kappa shape index (κ1) is 11.1. The van der Waals surface area contributed by atoms with Crippen LogP contribution in [0.5, 0.6) is 0 Å². The van der Waals surface area contributed by atoms with Crippen molar-refractivity contribution in [3.8, 4) is 0 Å². The van der Waals surface area contributed by atoms with Gasteiger partial charge in [-0.05, 0) is 25.7 Å². The van der Waals surface area contributed by atoms with Gasteiger partial charge in [0.2, 0.25) is 11.8 Å². The van der Waals surface area contributed by atoms with Gasteiger partial charge in [-0.2, -0.15) is 0 Å². The van der Waals surface area contributed by atoms with Crippen molar-refractivity contribution in [2.24, 2.45) is 11.3 Å². The monoisotopic (exact) mass is 224 g/mol. The summed E-state index contributed by atoms with van der Waals surface area (Å²) < 4.78 is 0. The molecule has 0 atom stereocenters. The van der Waals surface area contributed by atoms with Crippen LogP contribution in [0.4, 0.5) is 4.79 Å². The van der Waals surface area contributed by atoms with Gasteiger partial charge in [-0.1, -0.05) is 19.3 Å². The molecule has 88 valence electrons. The predicted octanol–water partition coefficient (Wildman–Crippen LogP) is 0.939. The van der Waals surface area contributed by atoms with Crippen molar-refractivity contribution in [1.29, 1.82) is 0 Å². The number of urea groups is 1. The van der Waals surface area contributed by atoms with Crippen LogP contribution >= 0.6 is 0 Å². The van der Waals surface area contributed by atoms with Crippen molar-refractivity contribution < 1.29 is 14.4 Å². The maximum Gasteiger partial charge on any atom is 0.328 e. The molecule has 1 heterocycles. The Bertz CT molecular complexity index is 325. The third kappa shape index (κ3) is 1.60. The fourth-order valence-corrected chi connectivity index (χ4v) is 2.65. The van der Waals surface area contributed by atoms with E-state index in [1.54, 1.807) is 6.92 Å². The average Bonchev–Trinajstić information content (AvgIpc) is 2.27. The Labute approximate surface area is 94.0 Å². The average molecular weight is 224 g/mol. The van der Waals surface area contributed by atoms with Crippen LogP contribution in [0.15, 0.2) is 0 Å². The third-order valence-electron chi connectivity index (χ3n) is 3.82. The first-order chi connectivity index (χ1) is 7.55. The number of carbonyl (C=O) groups excluding carboxylic acids is 3. The van der Waals surface area contributed by atoms with Crippen molar-refractivity contribution in [2.45, 2.75) is 39.0 Å². The van der Waals surface area contributed by atoms with Gasteiger partial charge in [0.05, 0.1) is 0 Å². The number of nitrogens with one attached hydrogen (secondary N) is 2. The lowest BCUT2D eigenvalue weighted by molar-refractivity contribution is -0.147. The number of rotatable bonds is 1. The van der Waals surface area contributed by atoms with E-state index in [-0.39, 0.29) is 5.92 Å². The second-order valence-electron chi connectivity index (χ2n) is 4.77. The van der Waals surface area contributed by atoms with Gasteiger partial charge in [-0.15, -0.1) is 0 Å². The number of hydrogen-bond acceptors (Lipinski definition) is 3. The van der Waals surface area contributed by atoms with E-state index in [9.17, 15) is 14.4 Å². The Morgan fingerprint density at radius 2 is 1.50 bits per heavy atom. The quantitative estimate of drug-likeness (QED) is 0.651. The van der Waals surface area contributed by atoms with E-state index in [0.29, 0.717) is 0 Å². The zero-order valence-electron chi connectivity index (χ0n) is 9.34. The minimum atomic E-state index is -1.08. The summed E-state index contributed by atoms with van der Waals surface area (Å²) in [5.41, 5.74) is -1.08.